The lowest BCUT2D eigenvalue weighted by atomic mass is 10.2. The minimum atomic E-state index is -4.56. The second-order valence-electron chi connectivity index (χ2n) is 3.15. The summed E-state index contributed by atoms with van der Waals surface area (Å²) in [5.41, 5.74) is 4.96. The van der Waals surface area contributed by atoms with Crippen LogP contribution in [-0.4, -0.2) is 15.5 Å². The van der Waals surface area contributed by atoms with E-state index >= 15 is 0 Å². The molecule has 2 N–H and O–H groups in total. The second-order valence-corrected chi connectivity index (χ2v) is 3.15. The first-order valence-corrected chi connectivity index (χ1v) is 4.23. The number of imidazole rings is 1. The van der Waals surface area contributed by atoms with Crippen LogP contribution in [0.1, 0.15) is 10.4 Å². The number of carbonyl (C=O) groups is 1. The summed E-state index contributed by atoms with van der Waals surface area (Å²) in [7, 11) is 0. The summed E-state index contributed by atoms with van der Waals surface area (Å²) in [5.74, 6) is -0.781. The Kier molecular flexibility index (Phi) is 2.11. The van der Waals surface area contributed by atoms with Gasteiger partial charge in [0.25, 0.3) is 0 Å². The van der Waals surface area contributed by atoms with E-state index in [0.717, 1.165) is 6.07 Å². The van der Waals surface area contributed by atoms with Gasteiger partial charge in [0.1, 0.15) is 6.33 Å². The van der Waals surface area contributed by atoms with Gasteiger partial charge in [0.2, 0.25) is 5.91 Å². The van der Waals surface area contributed by atoms with Crippen LogP contribution in [0, 0.1) is 0 Å². The Bertz CT molecular complexity index is 559. The lowest BCUT2D eigenvalue weighted by Crippen LogP contribution is -2.16. The van der Waals surface area contributed by atoms with E-state index < -0.39 is 12.2 Å². The van der Waals surface area contributed by atoms with Crippen LogP contribution in [0.15, 0.2) is 24.5 Å². The third-order valence-corrected chi connectivity index (χ3v) is 2.10. The molecule has 0 aliphatic carbocycles. The van der Waals surface area contributed by atoms with E-state index in [-0.39, 0.29) is 21.2 Å². The summed E-state index contributed by atoms with van der Waals surface area (Å²) >= 11 is 0. The van der Waals surface area contributed by atoms with Crippen LogP contribution in [-0.2, 0) is 6.30 Å². The predicted molar refractivity (Wildman–Crippen MR) is 49.5 cm³/mol. The highest BCUT2D eigenvalue weighted by Crippen LogP contribution is 2.27. The van der Waals surface area contributed by atoms with Crippen molar-refractivity contribution in [3.63, 3.8) is 0 Å². The van der Waals surface area contributed by atoms with Crippen LogP contribution < -0.4 is 5.73 Å². The van der Waals surface area contributed by atoms with Gasteiger partial charge in [0, 0.05) is 5.56 Å². The van der Waals surface area contributed by atoms with Crippen LogP contribution in [0.3, 0.4) is 0 Å². The largest absolute Gasteiger partial charge is 0.490 e. The number of benzene rings is 1. The van der Waals surface area contributed by atoms with Crippen molar-refractivity contribution >= 4 is 16.9 Å². The summed E-state index contributed by atoms with van der Waals surface area (Å²) in [5, 5.41) is 0. The molecule has 2 rings (SSSR count). The molecule has 84 valence electrons. The monoisotopic (exact) mass is 229 g/mol. The van der Waals surface area contributed by atoms with Crippen molar-refractivity contribution in [1.29, 1.82) is 0 Å². The first-order chi connectivity index (χ1) is 7.39. The van der Waals surface area contributed by atoms with E-state index in [1.54, 1.807) is 0 Å². The average Bonchev–Trinajstić information content (AvgIpc) is 2.58. The maximum Gasteiger partial charge on any atom is 0.490 e. The van der Waals surface area contributed by atoms with Gasteiger partial charge in [-0.05, 0) is 18.2 Å². The molecule has 1 amide bonds. The van der Waals surface area contributed by atoms with Gasteiger partial charge in [-0.1, -0.05) is 0 Å². The van der Waals surface area contributed by atoms with Gasteiger partial charge in [-0.15, -0.1) is 13.2 Å². The molecule has 0 bridgehead atoms. The van der Waals surface area contributed by atoms with E-state index in [0.29, 0.717) is 6.33 Å². The molecule has 0 unspecified atom stereocenters. The number of fused-ring (bicyclic) bond motifs is 1. The highest BCUT2D eigenvalue weighted by molar-refractivity contribution is 5.96. The third-order valence-electron chi connectivity index (χ3n) is 2.10. The molecule has 4 nitrogen and oxygen atoms in total. The Labute approximate surface area is 87.5 Å². The number of hydrogen-bond acceptors (Lipinski definition) is 2. The average molecular weight is 229 g/mol. The molecule has 16 heavy (non-hydrogen) atoms. The van der Waals surface area contributed by atoms with E-state index in [9.17, 15) is 18.0 Å². The van der Waals surface area contributed by atoms with Crippen molar-refractivity contribution < 1.29 is 18.0 Å². The van der Waals surface area contributed by atoms with Crippen LogP contribution in [0.25, 0.3) is 11.0 Å². The molecule has 0 atom stereocenters. The van der Waals surface area contributed by atoms with Crippen LogP contribution >= 0.6 is 0 Å². The zero-order chi connectivity index (χ0) is 11.9. The zero-order valence-corrected chi connectivity index (χ0v) is 7.82. The Morgan fingerprint density at radius 2 is 2.06 bits per heavy atom. The molecule has 1 heterocycles. The Morgan fingerprint density at radius 1 is 1.38 bits per heavy atom. The summed E-state index contributed by atoms with van der Waals surface area (Å²) in [6, 6.07) is 3.72. The number of hydrogen-bond donors (Lipinski definition) is 1. The topological polar surface area (TPSA) is 60.9 Å². The van der Waals surface area contributed by atoms with E-state index in [1.807, 2.05) is 0 Å². The Morgan fingerprint density at radius 3 is 2.62 bits per heavy atom. The molecular weight excluding hydrogens is 223 g/mol. The Hall–Kier alpha value is -2.05. The fraction of sp³-hybridized carbons (Fsp3) is 0.111. The standard InChI is InChI=1S/C9H6F3N3O/c10-9(11,12)15-4-14-6-2-1-5(8(13)16)3-7(6)15/h1-4H,(H2,13,16). The lowest BCUT2D eigenvalue weighted by molar-refractivity contribution is -0.201. The molecule has 0 aliphatic rings. The molecule has 0 radical (unpaired) electrons. The number of rotatable bonds is 1. The summed E-state index contributed by atoms with van der Waals surface area (Å²) in [6.07, 6.45) is -3.90. The van der Waals surface area contributed by atoms with Crippen molar-refractivity contribution in [2.45, 2.75) is 6.30 Å². The first-order valence-electron chi connectivity index (χ1n) is 4.23. The molecule has 1 aromatic heterocycles. The molecule has 0 spiro atoms. The number of alkyl halides is 3. The maximum absolute atomic E-state index is 12.5. The SMILES string of the molecule is NC(=O)c1ccc2ncn(C(F)(F)F)c2c1. The number of primary amides is 1. The number of nitrogens with two attached hydrogens (primary N) is 1. The normalized spacial score (nSPS) is 11.9. The lowest BCUT2D eigenvalue weighted by Gasteiger charge is -2.08. The number of nitrogens with zero attached hydrogens (tertiary/aromatic N) is 2. The number of carbonyl (C=O) groups excluding carboxylic acids is 1. The summed E-state index contributed by atoms with van der Waals surface area (Å²) < 4.78 is 37.5. The molecular formula is C9H6F3N3O. The zero-order valence-electron chi connectivity index (χ0n) is 7.82. The van der Waals surface area contributed by atoms with Crippen molar-refractivity contribution in [2.24, 2.45) is 5.73 Å². The van der Waals surface area contributed by atoms with E-state index in [2.05, 4.69) is 4.98 Å². The van der Waals surface area contributed by atoms with Gasteiger partial charge < -0.3 is 5.73 Å². The minimum absolute atomic E-state index is 0.0125. The molecule has 2 aromatic rings. The van der Waals surface area contributed by atoms with Crippen molar-refractivity contribution in [3.05, 3.63) is 30.1 Å². The van der Waals surface area contributed by atoms with Gasteiger partial charge in [-0.25, -0.2) is 9.55 Å². The molecule has 0 saturated carbocycles. The minimum Gasteiger partial charge on any atom is -0.366 e. The maximum atomic E-state index is 12.5. The van der Waals surface area contributed by atoms with Crippen LogP contribution in [0.4, 0.5) is 13.2 Å². The predicted octanol–water partition coefficient (Wildman–Crippen LogP) is 1.61. The van der Waals surface area contributed by atoms with Crippen molar-refractivity contribution in [1.82, 2.24) is 9.55 Å². The summed E-state index contributed by atoms with van der Waals surface area (Å²) in [6.45, 7) is 0. The van der Waals surface area contributed by atoms with Gasteiger partial charge in [0.15, 0.2) is 0 Å². The van der Waals surface area contributed by atoms with Crippen molar-refractivity contribution in [2.75, 3.05) is 0 Å². The quantitative estimate of drug-likeness (QED) is 0.807. The number of halogens is 3. The molecule has 0 fully saturated rings. The molecule has 0 aliphatic heterocycles. The number of amides is 1. The van der Waals surface area contributed by atoms with Gasteiger partial charge in [0.05, 0.1) is 11.0 Å². The van der Waals surface area contributed by atoms with Gasteiger partial charge >= 0.3 is 6.30 Å². The van der Waals surface area contributed by atoms with Crippen LogP contribution in [0.2, 0.25) is 0 Å². The first kappa shape index (κ1) is 10.5. The molecule has 1 aromatic carbocycles. The van der Waals surface area contributed by atoms with Gasteiger partial charge in [-0.3, -0.25) is 4.79 Å². The van der Waals surface area contributed by atoms with Gasteiger partial charge in [-0.2, -0.15) is 0 Å². The summed E-state index contributed by atoms with van der Waals surface area (Å²) in [4.78, 5) is 14.4. The van der Waals surface area contributed by atoms with E-state index in [4.69, 9.17) is 5.73 Å². The molecule has 0 saturated heterocycles. The highest BCUT2D eigenvalue weighted by Gasteiger charge is 2.32. The fourth-order valence-corrected chi connectivity index (χ4v) is 1.36. The van der Waals surface area contributed by atoms with E-state index in [1.165, 1.54) is 12.1 Å². The van der Waals surface area contributed by atoms with Crippen molar-refractivity contribution in [3.8, 4) is 0 Å². The fourth-order valence-electron chi connectivity index (χ4n) is 1.36. The molecule has 7 heteroatoms. The highest BCUT2D eigenvalue weighted by atomic mass is 19.4. The second kappa shape index (κ2) is 3.22. The third kappa shape index (κ3) is 1.60. The smallest absolute Gasteiger partial charge is 0.366 e. The Balaban J connectivity index is 2.70. The van der Waals surface area contributed by atoms with Crippen LogP contribution in [0.5, 0.6) is 0 Å². The number of aromatic nitrogens is 2.